The van der Waals surface area contributed by atoms with E-state index in [1.54, 1.807) is 19.2 Å². The molecule has 0 aliphatic heterocycles. The van der Waals surface area contributed by atoms with Crippen molar-refractivity contribution in [3.05, 3.63) is 22.7 Å². The second kappa shape index (κ2) is 6.57. The highest BCUT2D eigenvalue weighted by Gasteiger charge is 2.55. The molecule has 1 saturated carbocycles. The van der Waals surface area contributed by atoms with Crippen molar-refractivity contribution in [3.8, 4) is 11.5 Å². The van der Waals surface area contributed by atoms with E-state index in [1.807, 2.05) is 0 Å². The van der Waals surface area contributed by atoms with E-state index in [9.17, 15) is 4.79 Å². The molecule has 0 aromatic heterocycles. The van der Waals surface area contributed by atoms with E-state index in [-0.39, 0.29) is 29.4 Å². The molecule has 6 heteroatoms. The summed E-state index contributed by atoms with van der Waals surface area (Å²) in [6.07, 6.45) is 0.127. The molecule has 128 valence electrons. The summed E-state index contributed by atoms with van der Waals surface area (Å²) in [5, 5.41) is 3.42. The minimum Gasteiger partial charge on any atom is -0.493 e. The minimum atomic E-state index is -0.188. The fourth-order valence-corrected chi connectivity index (χ4v) is 3.99. The standard InChI is InChI=1S/C17H24ClNO4/c1-9-14(17(2,3)15(9)23-6)19-16(20)10-7-11(18)13(22-5)12(8-10)21-4/h7-9,14-15H,1-6H3,(H,19,20)/t9-,14-,15-/m1/s1. The Bertz CT molecular complexity index is 603. The van der Waals surface area contributed by atoms with Gasteiger partial charge in [-0.3, -0.25) is 4.79 Å². The summed E-state index contributed by atoms with van der Waals surface area (Å²) in [5.74, 6) is 0.908. The van der Waals surface area contributed by atoms with Gasteiger partial charge in [0.1, 0.15) is 0 Å². The number of hydrogen-bond acceptors (Lipinski definition) is 4. The van der Waals surface area contributed by atoms with Crippen molar-refractivity contribution in [3.63, 3.8) is 0 Å². The van der Waals surface area contributed by atoms with E-state index in [2.05, 4.69) is 26.1 Å². The molecule has 0 radical (unpaired) electrons. The molecule has 1 fully saturated rings. The van der Waals surface area contributed by atoms with Crippen molar-refractivity contribution in [1.29, 1.82) is 0 Å². The van der Waals surface area contributed by atoms with Crippen LogP contribution in [-0.4, -0.2) is 39.4 Å². The monoisotopic (exact) mass is 341 g/mol. The van der Waals surface area contributed by atoms with Crippen molar-refractivity contribution in [2.24, 2.45) is 11.3 Å². The fourth-order valence-electron chi connectivity index (χ4n) is 3.70. The molecule has 1 amide bonds. The van der Waals surface area contributed by atoms with E-state index in [0.29, 0.717) is 22.1 Å². The van der Waals surface area contributed by atoms with Gasteiger partial charge in [0.25, 0.3) is 5.91 Å². The van der Waals surface area contributed by atoms with Gasteiger partial charge in [0.15, 0.2) is 11.5 Å². The topological polar surface area (TPSA) is 56.8 Å². The van der Waals surface area contributed by atoms with Crippen molar-refractivity contribution in [1.82, 2.24) is 5.32 Å². The molecule has 0 spiro atoms. The quantitative estimate of drug-likeness (QED) is 0.893. The third-order valence-electron chi connectivity index (χ3n) is 4.77. The van der Waals surface area contributed by atoms with Crippen LogP contribution < -0.4 is 14.8 Å². The lowest BCUT2D eigenvalue weighted by atomic mass is 9.58. The lowest BCUT2D eigenvalue weighted by Crippen LogP contribution is -2.67. The van der Waals surface area contributed by atoms with Crippen LogP contribution in [0.2, 0.25) is 5.02 Å². The molecule has 1 aliphatic rings. The van der Waals surface area contributed by atoms with Crippen LogP contribution in [0.4, 0.5) is 0 Å². The maximum absolute atomic E-state index is 12.6. The molecule has 0 bridgehead atoms. The Hall–Kier alpha value is -1.46. The number of hydrogen-bond donors (Lipinski definition) is 1. The lowest BCUT2D eigenvalue weighted by molar-refractivity contribution is -0.141. The van der Waals surface area contributed by atoms with Gasteiger partial charge in [-0.15, -0.1) is 0 Å². The largest absolute Gasteiger partial charge is 0.493 e. The molecular formula is C17H24ClNO4. The number of halogens is 1. The number of amides is 1. The molecule has 0 saturated heterocycles. The van der Waals surface area contributed by atoms with Gasteiger partial charge < -0.3 is 19.5 Å². The number of carbonyl (C=O) groups is 1. The van der Waals surface area contributed by atoms with Crippen molar-refractivity contribution in [2.75, 3.05) is 21.3 Å². The molecule has 1 aliphatic carbocycles. The summed E-state index contributed by atoms with van der Waals surface area (Å²) in [4.78, 5) is 12.6. The summed E-state index contributed by atoms with van der Waals surface area (Å²) in [6, 6.07) is 3.25. The third kappa shape index (κ3) is 3.00. The Morgan fingerprint density at radius 1 is 1.22 bits per heavy atom. The summed E-state index contributed by atoms with van der Waals surface area (Å²) in [7, 11) is 4.72. The highest BCUT2D eigenvalue weighted by molar-refractivity contribution is 6.32. The van der Waals surface area contributed by atoms with Crippen LogP contribution in [0.1, 0.15) is 31.1 Å². The van der Waals surface area contributed by atoms with Gasteiger partial charge in [0, 0.05) is 30.0 Å². The number of carbonyl (C=O) groups excluding carboxylic acids is 1. The average Bonchev–Trinajstić information content (AvgIpc) is 2.51. The highest BCUT2D eigenvalue weighted by Crippen LogP contribution is 2.47. The van der Waals surface area contributed by atoms with Gasteiger partial charge >= 0.3 is 0 Å². The Morgan fingerprint density at radius 2 is 1.87 bits per heavy atom. The first kappa shape index (κ1) is 17.9. The molecular weight excluding hydrogens is 318 g/mol. The molecule has 1 aromatic rings. The van der Waals surface area contributed by atoms with Crippen LogP contribution in [0.25, 0.3) is 0 Å². The highest BCUT2D eigenvalue weighted by atomic mass is 35.5. The Balaban J connectivity index is 2.21. The Kier molecular flexibility index (Phi) is 5.11. The van der Waals surface area contributed by atoms with E-state index in [0.717, 1.165) is 0 Å². The third-order valence-corrected chi connectivity index (χ3v) is 5.06. The molecule has 1 N–H and O–H groups in total. The molecule has 5 nitrogen and oxygen atoms in total. The number of benzene rings is 1. The van der Waals surface area contributed by atoms with Crippen molar-refractivity contribution in [2.45, 2.75) is 32.9 Å². The fraction of sp³-hybridized carbons (Fsp3) is 0.588. The van der Waals surface area contributed by atoms with E-state index < -0.39 is 0 Å². The first-order valence-corrected chi connectivity index (χ1v) is 7.90. The van der Waals surface area contributed by atoms with Gasteiger partial charge in [-0.2, -0.15) is 0 Å². The van der Waals surface area contributed by atoms with Gasteiger partial charge in [-0.25, -0.2) is 0 Å². The van der Waals surface area contributed by atoms with Crippen molar-refractivity contribution < 1.29 is 19.0 Å². The maximum Gasteiger partial charge on any atom is 0.251 e. The van der Waals surface area contributed by atoms with Crippen LogP contribution in [0.3, 0.4) is 0 Å². The Morgan fingerprint density at radius 3 is 2.35 bits per heavy atom. The first-order chi connectivity index (χ1) is 10.8. The van der Waals surface area contributed by atoms with E-state index in [4.69, 9.17) is 25.8 Å². The van der Waals surface area contributed by atoms with E-state index in [1.165, 1.54) is 14.2 Å². The average molecular weight is 342 g/mol. The molecule has 23 heavy (non-hydrogen) atoms. The SMILES string of the molecule is COc1cc(C(=O)N[C@@H]2[C@@H](C)[C@@H](OC)C2(C)C)cc(Cl)c1OC. The molecule has 1 aromatic carbocycles. The normalized spacial score (nSPS) is 25.4. The van der Waals surface area contributed by atoms with Gasteiger partial charge in [0.05, 0.1) is 25.3 Å². The molecule has 3 atom stereocenters. The second-order valence-corrected chi connectivity index (χ2v) is 6.89. The van der Waals surface area contributed by atoms with E-state index >= 15 is 0 Å². The summed E-state index contributed by atoms with van der Waals surface area (Å²) in [5.41, 5.74) is 0.320. The number of methoxy groups -OCH3 is 3. The zero-order chi connectivity index (χ0) is 17.4. The predicted molar refractivity (Wildman–Crippen MR) is 89.6 cm³/mol. The lowest BCUT2D eigenvalue weighted by Gasteiger charge is -2.56. The summed E-state index contributed by atoms with van der Waals surface area (Å²) >= 11 is 6.17. The number of nitrogens with one attached hydrogen (secondary N) is 1. The molecule has 0 heterocycles. The zero-order valence-electron chi connectivity index (χ0n) is 14.4. The Labute approximate surface area is 142 Å². The van der Waals surface area contributed by atoms with Crippen LogP contribution in [0, 0.1) is 11.3 Å². The minimum absolute atomic E-state index is 0.0341. The van der Waals surface area contributed by atoms with Crippen LogP contribution in [0.5, 0.6) is 11.5 Å². The van der Waals surface area contributed by atoms with Gasteiger partial charge in [0.2, 0.25) is 0 Å². The summed E-state index contributed by atoms with van der Waals surface area (Å²) < 4.78 is 15.9. The van der Waals surface area contributed by atoms with Crippen LogP contribution in [0.15, 0.2) is 12.1 Å². The van der Waals surface area contributed by atoms with Crippen molar-refractivity contribution >= 4 is 17.5 Å². The smallest absolute Gasteiger partial charge is 0.251 e. The molecule has 0 unspecified atom stereocenters. The maximum atomic E-state index is 12.6. The van der Waals surface area contributed by atoms with Gasteiger partial charge in [-0.1, -0.05) is 32.4 Å². The second-order valence-electron chi connectivity index (χ2n) is 6.48. The number of ether oxygens (including phenoxy) is 3. The zero-order valence-corrected chi connectivity index (χ0v) is 15.2. The molecule has 2 rings (SSSR count). The first-order valence-electron chi connectivity index (χ1n) is 7.53. The van der Waals surface area contributed by atoms with Crippen LogP contribution in [-0.2, 0) is 4.74 Å². The predicted octanol–water partition coefficient (Wildman–Crippen LogP) is 3.15. The summed E-state index contributed by atoms with van der Waals surface area (Å²) in [6.45, 7) is 6.26. The number of rotatable bonds is 5. The van der Waals surface area contributed by atoms with Crippen LogP contribution >= 0.6 is 11.6 Å². The van der Waals surface area contributed by atoms with Gasteiger partial charge in [-0.05, 0) is 12.1 Å².